The second-order valence-electron chi connectivity index (χ2n) is 3.11. The molecule has 15 heavy (non-hydrogen) atoms. The lowest BCUT2D eigenvalue weighted by molar-refractivity contribution is 0.0952. The Labute approximate surface area is 86.5 Å². The van der Waals surface area contributed by atoms with Crippen molar-refractivity contribution < 1.29 is 13.2 Å². The van der Waals surface area contributed by atoms with Gasteiger partial charge in [-0.05, 0) is 18.2 Å². The van der Waals surface area contributed by atoms with Crippen LogP contribution in [-0.4, -0.2) is 21.0 Å². The highest BCUT2D eigenvalue weighted by molar-refractivity contribution is 7.89. The number of anilines is 1. The van der Waals surface area contributed by atoms with Crippen LogP contribution in [0.2, 0.25) is 0 Å². The van der Waals surface area contributed by atoms with Crippen molar-refractivity contribution in [3.8, 4) is 0 Å². The Balaban J connectivity index is 2.58. The molecule has 1 aliphatic rings. The van der Waals surface area contributed by atoms with Gasteiger partial charge in [-0.25, -0.2) is 13.6 Å². The first-order valence-corrected chi connectivity index (χ1v) is 5.72. The van der Waals surface area contributed by atoms with E-state index in [1.807, 2.05) is 0 Å². The van der Waals surface area contributed by atoms with Gasteiger partial charge in [-0.2, -0.15) is 0 Å². The van der Waals surface area contributed by atoms with E-state index in [2.05, 4.69) is 10.6 Å². The zero-order chi connectivity index (χ0) is 11.1. The van der Waals surface area contributed by atoms with Crippen molar-refractivity contribution >= 4 is 21.6 Å². The maximum Gasteiger partial charge on any atom is 0.254 e. The number of carbonyl (C=O) groups is 1. The Morgan fingerprint density at radius 2 is 2.00 bits per heavy atom. The number of hydrogen-bond donors (Lipinski definition) is 3. The van der Waals surface area contributed by atoms with Crippen molar-refractivity contribution in [1.82, 2.24) is 5.32 Å². The molecule has 0 fully saturated rings. The van der Waals surface area contributed by atoms with Crippen molar-refractivity contribution in [2.24, 2.45) is 5.14 Å². The molecule has 0 saturated carbocycles. The number of benzene rings is 1. The summed E-state index contributed by atoms with van der Waals surface area (Å²) in [5, 5.41) is 10.4. The molecular formula is C8H9N3O3S. The smallest absolute Gasteiger partial charge is 0.254 e. The lowest BCUT2D eigenvalue weighted by atomic mass is 10.1. The zero-order valence-electron chi connectivity index (χ0n) is 7.65. The Morgan fingerprint density at radius 3 is 2.67 bits per heavy atom. The molecule has 1 amide bonds. The largest absolute Gasteiger partial charge is 0.367 e. The van der Waals surface area contributed by atoms with Gasteiger partial charge in [0.05, 0.1) is 17.1 Å². The van der Waals surface area contributed by atoms with Gasteiger partial charge in [0.2, 0.25) is 10.0 Å². The molecule has 1 aromatic rings. The highest BCUT2D eigenvalue weighted by Gasteiger charge is 2.18. The predicted octanol–water partition coefficient (Wildman–Crippen LogP) is -0.553. The quantitative estimate of drug-likeness (QED) is 0.599. The van der Waals surface area contributed by atoms with Crippen LogP contribution in [0.25, 0.3) is 0 Å². The van der Waals surface area contributed by atoms with Crippen LogP contribution in [0.1, 0.15) is 10.4 Å². The van der Waals surface area contributed by atoms with Crippen LogP contribution in [0, 0.1) is 0 Å². The third-order valence-corrected chi connectivity index (χ3v) is 3.00. The summed E-state index contributed by atoms with van der Waals surface area (Å²) in [6, 6.07) is 4.14. The van der Waals surface area contributed by atoms with Gasteiger partial charge in [0.15, 0.2) is 0 Å². The molecule has 7 heteroatoms. The molecule has 0 unspecified atom stereocenters. The summed E-state index contributed by atoms with van der Waals surface area (Å²) < 4.78 is 22.1. The van der Waals surface area contributed by atoms with Gasteiger partial charge in [0, 0.05) is 5.69 Å². The number of nitrogens with one attached hydrogen (secondary N) is 2. The van der Waals surface area contributed by atoms with Crippen molar-refractivity contribution in [3.63, 3.8) is 0 Å². The SMILES string of the molecule is NS(=O)(=O)c1ccc2c(c1)C(=O)NCN2. The molecule has 0 radical (unpaired) electrons. The number of amides is 1. The molecule has 4 N–H and O–H groups in total. The van der Waals surface area contributed by atoms with Crippen molar-refractivity contribution in [3.05, 3.63) is 23.8 Å². The van der Waals surface area contributed by atoms with Crippen LogP contribution in [0.4, 0.5) is 5.69 Å². The lowest BCUT2D eigenvalue weighted by Crippen LogP contribution is -2.34. The van der Waals surface area contributed by atoms with Crippen LogP contribution in [0.5, 0.6) is 0 Å². The summed E-state index contributed by atoms with van der Waals surface area (Å²) in [6.07, 6.45) is 0. The van der Waals surface area contributed by atoms with Gasteiger partial charge >= 0.3 is 0 Å². The molecule has 0 bridgehead atoms. The molecule has 6 nitrogen and oxygen atoms in total. The Hall–Kier alpha value is -1.60. The van der Waals surface area contributed by atoms with E-state index in [0.29, 0.717) is 12.4 Å². The third kappa shape index (κ3) is 1.79. The zero-order valence-corrected chi connectivity index (χ0v) is 8.47. The molecule has 2 rings (SSSR count). The van der Waals surface area contributed by atoms with E-state index >= 15 is 0 Å². The number of primary sulfonamides is 1. The Bertz CT molecular complexity index is 524. The minimum absolute atomic E-state index is 0.0694. The fraction of sp³-hybridized carbons (Fsp3) is 0.125. The highest BCUT2D eigenvalue weighted by atomic mass is 32.2. The first kappa shape index (κ1) is 9.94. The number of carbonyl (C=O) groups excluding carboxylic acids is 1. The first-order chi connectivity index (χ1) is 6.98. The Morgan fingerprint density at radius 1 is 1.27 bits per heavy atom. The molecule has 1 aliphatic heterocycles. The summed E-state index contributed by atoms with van der Waals surface area (Å²) >= 11 is 0. The Kier molecular flexibility index (Phi) is 2.13. The summed E-state index contributed by atoms with van der Waals surface area (Å²) in [5.41, 5.74) is 0.888. The van der Waals surface area contributed by atoms with E-state index in [9.17, 15) is 13.2 Å². The summed E-state index contributed by atoms with van der Waals surface area (Å²) in [6.45, 7) is 0.334. The maximum atomic E-state index is 11.4. The standard InChI is InChI=1S/C8H9N3O3S/c9-15(13,14)5-1-2-7-6(3-5)8(12)11-4-10-7/h1-3,10H,4H2,(H,11,12)(H2,9,13,14). The van der Waals surface area contributed by atoms with Crippen molar-refractivity contribution in [1.29, 1.82) is 0 Å². The minimum Gasteiger partial charge on any atom is -0.367 e. The normalized spacial score (nSPS) is 15.1. The second-order valence-corrected chi connectivity index (χ2v) is 4.67. The monoisotopic (exact) mass is 227 g/mol. The van der Waals surface area contributed by atoms with Crippen LogP contribution in [0.3, 0.4) is 0 Å². The summed E-state index contributed by atoms with van der Waals surface area (Å²) in [4.78, 5) is 11.3. The van der Waals surface area contributed by atoms with Gasteiger partial charge in [0.1, 0.15) is 0 Å². The third-order valence-electron chi connectivity index (χ3n) is 2.09. The second kappa shape index (κ2) is 3.21. The average molecular weight is 227 g/mol. The molecule has 0 aliphatic carbocycles. The molecular weight excluding hydrogens is 218 g/mol. The molecule has 0 saturated heterocycles. The molecule has 0 spiro atoms. The number of hydrogen-bond acceptors (Lipinski definition) is 4. The number of sulfonamides is 1. The van der Waals surface area contributed by atoms with Crippen LogP contribution in [-0.2, 0) is 10.0 Å². The van der Waals surface area contributed by atoms with E-state index in [0.717, 1.165) is 0 Å². The molecule has 1 aromatic carbocycles. The first-order valence-electron chi connectivity index (χ1n) is 4.17. The van der Waals surface area contributed by atoms with Crippen molar-refractivity contribution in [2.75, 3.05) is 12.0 Å². The number of fused-ring (bicyclic) bond motifs is 1. The van der Waals surface area contributed by atoms with E-state index in [-0.39, 0.29) is 16.4 Å². The van der Waals surface area contributed by atoms with Gasteiger partial charge in [-0.15, -0.1) is 0 Å². The molecule has 0 aromatic heterocycles. The lowest BCUT2D eigenvalue weighted by Gasteiger charge is -2.18. The fourth-order valence-electron chi connectivity index (χ4n) is 1.36. The summed E-state index contributed by atoms with van der Waals surface area (Å²) in [7, 11) is -3.77. The minimum atomic E-state index is -3.77. The fourth-order valence-corrected chi connectivity index (χ4v) is 1.90. The summed E-state index contributed by atoms with van der Waals surface area (Å²) in [5.74, 6) is -0.311. The number of nitrogens with two attached hydrogens (primary N) is 1. The maximum absolute atomic E-state index is 11.4. The van der Waals surface area contributed by atoms with E-state index < -0.39 is 10.0 Å². The van der Waals surface area contributed by atoms with Crippen molar-refractivity contribution in [2.45, 2.75) is 4.90 Å². The average Bonchev–Trinajstić information content (AvgIpc) is 2.16. The highest BCUT2D eigenvalue weighted by Crippen LogP contribution is 2.21. The van der Waals surface area contributed by atoms with Gasteiger partial charge in [-0.1, -0.05) is 0 Å². The van der Waals surface area contributed by atoms with Crippen LogP contribution < -0.4 is 15.8 Å². The van der Waals surface area contributed by atoms with Crippen LogP contribution >= 0.6 is 0 Å². The van der Waals surface area contributed by atoms with E-state index in [4.69, 9.17) is 5.14 Å². The van der Waals surface area contributed by atoms with Gasteiger partial charge in [-0.3, -0.25) is 4.79 Å². The number of rotatable bonds is 1. The molecule has 1 heterocycles. The van der Waals surface area contributed by atoms with E-state index in [1.165, 1.54) is 18.2 Å². The van der Waals surface area contributed by atoms with Gasteiger partial charge < -0.3 is 10.6 Å². The van der Waals surface area contributed by atoms with Gasteiger partial charge in [0.25, 0.3) is 5.91 Å². The molecule has 0 atom stereocenters. The van der Waals surface area contributed by atoms with E-state index in [1.54, 1.807) is 0 Å². The van der Waals surface area contributed by atoms with Crippen LogP contribution in [0.15, 0.2) is 23.1 Å². The predicted molar refractivity (Wildman–Crippen MR) is 53.8 cm³/mol. The topological polar surface area (TPSA) is 101 Å². The molecule has 80 valence electrons.